The van der Waals surface area contributed by atoms with Gasteiger partial charge in [-0.2, -0.15) is 5.26 Å². The summed E-state index contributed by atoms with van der Waals surface area (Å²) in [4.78, 5) is 12.2. The highest BCUT2D eigenvalue weighted by molar-refractivity contribution is 7.99. The van der Waals surface area contributed by atoms with Crippen LogP contribution in [0.1, 0.15) is 69.5 Å². The van der Waals surface area contributed by atoms with Crippen molar-refractivity contribution < 1.29 is 4.79 Å². The molecular weight excluding hydrogens is 324 g/mol. The van der Waals surface area contributed by atoms with Crippen LogP contribution >= 0.6 is 11.8 Å². The molecule has 24 heavy (non-hydrogen) atoms. The second kappa shape index (κ2) is 7.43. The van der Waals surface area contributed by atoms with Crippen LogP contribution in [0.2, 0.25) is 0 Å². The number of carbonyl (C=O) groups excluding carboxylic acids is 1. The summed E-state index contributed by atoms with van der Waals surface area (Å²) in [5.41, 5.74) is -0.679. The number of nitrogens with one attached hydrogen (secondary N) is 1. The molecule has 0 spiro atoms. The Morgan fingerprint density at radius 3 is 2.67 bits per heavy atom. The number of nitrogen functional groups attached to an aromatic ring is 1. The molecule has 3 rings (SSSR count). The van der Waals surface area contributed by atoms with E-state index in [-0.39, 0.29) is 11.7 Å². The van der Waals surface area contributed by atoms with Crippen molar-refractivity contribution in [2.75, 3.05) is 11.6 Å². The number of hydrogen-bond acceptors (Lipinski definition) is 6. The molecule has 0 saturated heterocycles. The standard InChI is InChI=1S/C16H24N6OS/c17-11-16(8-4-5-9-16)19-13(23)10-24-15-21-20-14(22(15)18)12-6-2-1-3-7-12/h12H,1-10,18H2,(H,19,23). The number of aromatic nitrogens is 3. The highest BCUT2D eigenvalue weighted by Crippen LogP contribution is 2.32. The van der Waals surface area contributed by atoms with Crippen LogP contribution in [0.3, 0.4) is 0 Å². The molecule has 1 heterocycles. The van der Waals surface area contributed by atoms with Gasteiger partial charge in [-0.25, -0.2) is 4.68 Å². The molecule has 0 radical (unpaired) electrons. The predicted octanol–water partition coefficient (Wildman–Crippen LogP) is 2.08. The summed E-state index contributed by atoms with van der Waals surface area (Å²) in [7, 11) is 0. The van der Waals surface area contributed by atoms with E-state index in [2.05, 4.69) is 21.6 Å². The molecule has 3 N–H and O–H groups in total. The Hall–Kier alpha value is -1.75. The Morgan fingerprint density at radius 2 is 2.00 bits per heavy atom. The van der Waals surface area contributed by atoms with Crippen molar-refractivity contribution in [3.63, 3.8) is 0 Å². The second-order valence-electron chi connectivity index (χ2n) is 6.78. The summed E-state index contributed by atoms with van der Waals surface area (Å²) < 4.78 is 1.53. The van der Waals surface area contributed by atoms with Crippen LogP contribution < -0.4 is 11.2 Å². The van der Waals surface area contributed by atoms with E-state index in [1.165, 1.54) is 35.7 Å². The third kappa shape index (κ3) is 3.66. The molecule has 0 aliphatic heterocycles. The van der Waals surface area contributed by atoms with Crippen LogP contribution in [0.15, 0.2) is 5.16 Å². The average molecular weight is 348 g/mol. The maximum absolute atomic E-state index is 12.2. The number of hydrogen-bond donors (Lipinski definition) is 2. The maximum Gasteiger partial charge on any atom is 0.231 e. The lowest BCUT2D eigenvalue weighted by Crippen LogP contribution is -2.45. The number of rotatable bonds is 5. The van der Waals surface area contributed by atoms with Crippen LogP contribution in [-0.4, -0.2) is 32.1 Å². The van der Waals surface area contributed by atoms with Gasteiger partial charge in [0.15, 0.2) is 5.82 Å². The van der Waals surface area contributed by atoms with E-state index in [1.54, 1.807) is 0 Å². The Morgan fingerprint density at radius 1 is 1.29 bits per heavy atom. The number of carbonyl (C=O) groups is 1. The van der Waals surface area contributed by atoms with Gasteiger partial charge in [0.1, 0.15) is 5.54 Å². The number of nitrogens with zero attached hydrogens (tertiary/aromatic N) is 4. The first kappa shape index (κ1) is 17.1. The van der Waals surface area contributed by atoms with Gasteiger partial charge in [0.25, 0.3) is 0 Å². The molecule has 2 fully saturated rings. The lowest BCUT2D eigenvalue weighted by molar-refractivity contribution is -0.119. The molecule has 2 saturated carbocycles. The Balaban J connectivity index is 1.56. The minimum atomic E-state index is -0.679. The zero-order chi connectivity index (χ0) is 17.0. The minimum absolute atomic E-state index is 0.148. The molecule has 0 unspecified atom stereocenters. The van der Waals surface area contributed by atoms with E-state index in [9.17, 15) is 10.1 Å². The van der Waals surface area contributed by atoms with Crippen molar-refractivity contribution in [3.05, 3.63) is 5.82 Å². The van der Waals surface area contributed by atoms with Gasteiger partial charge in [-0.05, 0) is 38.5 Å². The fraction of sp³-hybridized carbons (Fsp3) is 0.750. The fourth-order valence-electron chi connectivity index (χ4n) is 3.70. The van der Waals surface area contributed by atoms with Crippen LogP contribution in [0, 0.1) is 11.3 Å². The molecule has 1 aromatic heterocycles. The highest BCUT2D eigenvalue weighted by atomic mass is 32.2. The van der Waals surface area contributed by atoms with E-state index in [1.807, 2.05) is 0 Å². The number of amides is 1. The Kier molecular flexibility index (Phi) is 5.29. The van der Waals surface area contributed by atoms with E-state index < -0.39 is 5.54 Å². The van der Waals surface area contributed by atoms with Crippen molar-refractivity contribution in [1.29, 1.82) is 5.26 Å². The topological polar surface area (TPSA) is 110 Å². The van der Waals surface area contributed by atoms with Gasteiger partial charge >= 0.3 is 0 Å². The smallest absolute Gasteiger partial charge is 0.231 e. The van der Waals surface area contributed by atoms with Gasteiger partial charge < -0.3 is 11.2 Å². The van der Waals surface area contributed by atoms with Gasteiger partial charge in [0.2, 0.25) is 11.1 Å². The fourth-order valence-corrected chi connectivity index (χ4v) is 4.37. The Bertz CT molecular complexity index is 625. The summed E-state index contributed by atoms with van der Waals surface area (Å²) in [5.74, 6) is 7.37. The number of thioether (sulfide) groups is 1. The first-order valence-electron chi connectivity index (χ1n) is 8.69. The summed E-state index contributed by atoms with van der Waals surface area (Å²) in [5, 5.41) is 21.1. The van der Waals surface area contributed by atoms with Crippen molar-refractivity contribution in [3.8, 4) is 6.07 Å². The molecule has 0 aromatic carbocycles. The van der Waals surface area contributed by atoms with Crippen molar-refractivity contribution in [1.82, 2.24) is 20.2 Å². The summed E-state index contributed by atoms with van der Waals surface area (Å²) >= 11 is 1.28. The SMILES string of the molecule is N#CC1(NC(=O)CSc2nnc(C3CCCCC3)n2N)CCCC1. The zero-order valence-corrected chi connectivity index (χ0v) is 14.6. The minimum Gasteiger partial charge on any atom is -0.337 e. The first-order chi connectivity index (χ1) is 11.6. The average Bonchev–Trinajstić information content (AvgIpc) is 3.21. The van der Waals surface area contributed by atoms with Crippen LogP contribution in [0.5, 0.6) is 0 Å². The first-order valence-corrected chi connectivity index (χ1v) is 9.67. The third-order valence-corrected chi connectivity index (χ3v) is 5.99. The van der Waals surface area contributed by atoms with Crippen molar-refractivity contribution >= 4 is 17.7 Å². The van der Waals surface area contributed by atoms with Crippen LogP contribution in [-0.2, 0) is 4.79 Å². The van der Waals surface area contributed by atoms with Gasteiger partial charge in [-0.15, -0.1) is 10.2 Å². The zero-order valence-electron chi connectivity index (χ0n) is 13.8. The summed E-state index contributed by atoms with van der Waals surface area (Å²) in [6, 6.07) is 2.27. The molecule has 0 bridgehead atoms. The quantitative estimate of drug-likeness (QED) is 0.623. The highest BCUT2D eigenvalue weighted by Gasteiger charge is 2.35. The van der Waals surface area contributed by atoms with E-state index >= 15 is 0 Å². The van der Waals surface area contributed by atoms with Gasteiger partial charge in [0, 0.05) is 5.92 Å². The molecule has 2 aliphatic rings. The lowest BCUT2D eigenvalue weighted by Gasteiger charge is -2.21. The Labute approximate surface area is 146 Å². The summed E-state index contributed by atoms with van der Waals surface area (Å²) in [6.45, 7) is 0. The second-order valence-corrected chi connectivity index (χ2v) is 7.73. The van der Waals surface area contributed by atoms with Crippen molar-refractivity contribution in [2.45, 2.75) is 74.4 Å². The van der Waals surface area contributed by atoms with Gasteiger partial charge in [-0.3, -0.25) is 4.79 Å². The lowest BCUT2D eigenvalue weighted by atomic mass is 9.89. The molecule has 1 aromatic rings. The van der Waals surface area contributed by atoms with Crippen molar-refractivity contribution in [2.24, 2.45) is 0 Å². The molecule has 1 amide bonds. The molecular formula is C16H24N6OS. The maximum atomic E-state index is 12.2. The van der Waals surface area contributed by atoms with Crippen LogP contribution in [0.25, 0.3) is 0 Å². The van der Waals surface area contributed by atoms with E-state index in [4.69, 9.17) is 5.84 Å². The largest absolute Gasteiger partial charge is 0.337 e. The van der Waals surface area contributed by atoms with Gasteiger partial charge in [-0.1, -0.05) is 31.0 Å². The molecule has 8 heteroatoms. The van der Waals surface area contributed by atoms with E-state index in [0.717, 1.165) is 44.3 Å². The monoisotopic (exact) mass is 348 g/mol. The molecule has 0 atom stereocenters. The predicted molar refractivity (Wildman–Crippen MR) is 91.7 cm³/mol. The normalized spacial score (nSPS) is 20.6. The number of nitrogens with two attached hydrogens (primary N) is 1. The van der Waals surface area contributed by atoms with Crippen LogP contribution in [0.4, 0.5) is 0 Å². The van der Waals surface area contributed by atoms with Gasteiger partial charge in [0.05, 0.1) is 11.8 Å². The van der Waals surface area contributed by atoms with E-state index in [0.29, 0.717) is 11.1 Å². The molecule has 7 nitrogen and oxygen atoms in total. The number of nitriles is 1. The summed E-state index contributed by atoms with van der Waals surface area (Å²) in [6.07, 6.45) is 9.34. The third-order valence-electron chi connectivity index (χ3n) is 5.04. The molecule has 130 valence electrons. The molecule has 2 aliphatic carbocycles.